The molecule has 2 aromatic carbocycles. The van der Waals surface area contributed by atoms with E-state index in [9.17, 15) is 8.42 Å². The number of fused-ring (bicyclic) bond motifs is 1. The van der Waals surface area contributed by atoms with Gasteiger partial charge in [0.15, 0.2) is 0 Å². The first-order chi connectivity index (χ1) is 13.4. The van der Waals surface area contributed by atoms with Crippen molar-refractivity contribution in [1.29, 1.82) is 0 Å². The zero-order valence-corrected chi connectivity index (χ0v) is 17.3. The van der Waals surface area contributed by atoms with Gasteiger partial charge in [-0.05, 0) is 42.8 Å². The molecule has 0 atom stereocenters. The summed E-state index contributed by atoms with van der Waals surface area (Å²) in [6, 6.07) is 13.6. The fourth-order valence-electron chi connectivity index (χ4n) is 2.44. The van der Waals surface area contributed by atoms with Crippen molar-refractivity contribution >= 4 is 48.5 Å². The maximum absolute atomic E-state index is 11.2. The van der Waals surface area contributed by atoms with Crippen LogP contribution < -0.4 is 4.90 Å². The lowest BCUT2D eigenvalue weighted by atomic mass is 10.1. The zero-order chi connectivity index (χ0) is 20.1. The van der Waals surface area contributed by atoms with E-state index in [4.69, 9.17) is 4.18 Å². The molecule has 29 heavy (non-hydrogen) atoms. The first-order valence-electron chi connectivity index (χ1n) is 8.42. The average molecular weight is 437 g/mol. The van der Waals surface area contributed by atoms with E-state index in [-0.39, 0.29) is 14.0 Å². The van der Waals surface area contributed by atoms with E-state index in [1.54, 1.807) is 0 Å². The number of likely N-dealkylation sites (N-methyl/N-ethyl adjacent to an activating group) is 1. The van der Waals surface area contributed by atoms with Crippen LogP contribution in [0.3, 0.4) is 0 Å². The van der Waals surface area contributed by atoms with Crippen LogP contribution in [-0.2, 0) is 18.8 Å². The van der Waals surface area contributed by atoms with E-state index in [1.165, 1.54) is 11.3 Å². The van der Waals surface area contributed by atoms with Crippen LogP contribution in [-0.4, -0.2) is 40.7 Å². The minimum Gasteiger partial charge on any atom is -0.372 e. The normalized spacial score (nSPS) is 11.7. The molecule has 10 heteroatoms. The molecule has 0 N–H and O–H groups in total. The number of benzene rings is 2. The molecule has 0 saturated carbocycles. The van der Waals surface area contributed by atoms with E-state index in [2.05, 4.69) is 19.4 Å². The average Bonchev–Trinajstić information content (AvgIpc) is 3.09. The topological polar surface area (TPSA) is 93.5 Å². The number of hydrogen-bond donors (Lipinski definition) is 0. The highest BCUT2D eigenvalue weighted by atomic mass is 32.3. The third-order valence-corrected chi connectivity index (χ3v) is 5.79. The Morgan fingerprint density at radius 3 is 2.62 bits per heavy atom. The van der Waals surface area contributed by atoms with Gasteiger partial charge in [0, 0.05) is 19.3 Å². The maximum Gasteiger partial charge on any atom is 0.399 e. The highest BCUT2D eigenvalue weighted by Crippen LogP contribution is 2.30. The molecule has 0 saturated heterocycles. The summed E-state index contributed by atoms with van der Waals surface area (Å²) in [5.41, 5.74) is 3.51. The van der Waals surface area contributed by atoms with Gasteiger partial charge in [0.25, 0.3) is 0 Å². The first-order valence-corrected chi connectivity index (χ1v) is 10.6. The van der Waals surface area contributed by atoms with Crippen LogP contribution in [0.2, 0.25) is 0 Å². The highest BCUT2D eigenvalue weighted by molar-refractivity contribution is 7.81. The summed E-state index contributed by atoms with van der Waals surface area (Å²) in [6.07, 6.45) is 0. The number of nitrogens with zero attached hydrogens (tertiary/aromatic N) is 4. The third-order valence-electron chi connectivity index (χ3n) is 4.01. The smallest absolute Gasteiger partial charge is 0.372 e. The molecule has 0 radical (unpaired) electrons. The minimum atomic E-state index is -3.91. The Labute approximate surface area is 175 Å². The monoisotopic (exact) mass is 436 g/mol. The van der Waals surface area contributed by atoms with Crippen LogP contribution in [0.5, 0.6) is 0 Å². The van der Waals surface area contributed by atoms with Gasteiger partial charge in [-0.25, -0.2) is 9.17 Å². The van der Waals surface area contributed by atoms with Crippen molar-refractivity contribution in [3.05, 3.63) is 48.0 Å². The van der Waals surface area contributed by atoms with Gasteiger partial charge in [0.2, 0.25) is 5.13 Å². The Morgan fingerprint density at radius 2 is 1.93 bits per heavy atom. The largest absolute Gasteiger partial charge is 0.399 e. The Morgan fingerprint density at radius 1 is 1.17 bits per heavy atom. The van der Waals surface area contributed by atoms with Gasteiger partial charge < -0.3 is 4.90 Å². The molecule has 0 fully saturated rings. The third kappa shape index (κ3) is 6.04. The number of thiazole rings is 1. The molecule has 0 unspecified atom stereocenters. The van der Waals surface area contributed by atoms with Gasteiger partial charge in [0.05, 0.1) is 29.6 Å². The summed E-state index contributed by atoms with van der Waals surface area (Å²) in [4.78, 5) is 6.32. The molecule has 0 amide bonds. The molecular weight excluding hydrogens is 412 g/mol. The van der Waals surface area contributed by atoms with Crippen molar-refractivity contribution in [2.75, 3.05) is 32.2 Å². The van der Waals surface area contributed by atoms with Crippen LogP contribution >= 0.6 is 11.3 Å². The van der Waals surface area contributed by atoms with Crippen molar-refractivity contribution in [3.63, 3.8) is 0 Å². The molecule has 8 nitrogen and oxygen atoms in total. The van der Waals surface area contributed by atoms with E-state index >= 15 is 0 Å². The number of azo groups is 1. The van der Waals surface area contributed by atoms with Crippen LogP contribution in [0, 0.1) is 6.92 Å². The van der Waals surface area contributed by atoms with E-state index in [0.29, 0.717) is 11.7 Å². The summed E-state index contributed by atoms with van der Waals surface area (Å²) < 4.78 is 32.4. The lowest BCUT2D eigenvalue weighted by Gasteiger charge is -2.19. The second-order valence-corrected chi connectivity index (χ2v) is 8.35. The summed E-state index contributed by atoms with van der Waals surface area (Å²) in [5.74, 6) is 0. The van der Waals surface area contributed by atoms with Crippen LogP contribution in [0.15, 0.2) is 52.7 Å². The van der Waals surface area contributed by atoms with Crippen molar-refractivity contribution in [3.8, 4) is 0 Å². The summed E-state index contributed by atoms with van der Waals surface area (Å²) in [5, 5.41) is 9.17. The lowest BCUT2D eigenvalue weighted by molar-refractivity contribution is 0.248. The first kappa shape index (κ1) is 22.9. The predicted molar refractivity (Wildman–Crippen MR) is 117 cm³/mol. The maximum atomic E-state index is 11.2. The molecule has 0 aliphatic heterocycles. The van der Waals surface area contributed by atoms with Crippen molar-refractivity contribution in [2.45, 2.75) is 14.4 Å². The second-order valence-electron chi connectivity index (χ2n) is 5.95. The van der Waals surface area contributed by atoms with E-state index in [0.717, 1.165) is 34.3 Å². The van der Waals surface area contributed by atoms with Crippen LogP contribution in [0.4, 0.5) is 16.5 Å². The lowest BCUT2D eigenvalue weighted by Crippen LogP contribution is -2.24. The summed E-state index contributed by atoms with van der Waals surface area (Å²) >= 11 is 1.49. The van der Waals surface area contributed by atoms with E-state index < -0.39 is 10.4 Å². The molecule has 0 aliphatic rings. The molecule has 1 aromatic heterocycles. The Balaban J connectivity index is 0.00000300. The summed E-state index contributed by atoms with van der Waals surface area (Å²) in [6.45, 7) is 2.31. The summed E-state index contributed by atoms with van der Waals surface area (Å²) in [7, 11) is -1.01. The molecule has 0 spiro atoms. The Bertz CT molecular complexity index is 1060. The zero-order valence-electron chi connectivity index (χ0n) is 15.7. The fourth-order valence-corrected chi connectivity index (χ4v) is 3.60. The molecule has 0 aliphatic carbocycles. The van der Waals surface area contributed by atoms with Gasteiger partial charge in [-0.1, -0.05) is 30.9 Å². The van der Waals surface area contributed by atoms with Gasteiger partial charge in [-0.2, -0.15) is 8.42 Å². The predicted octanol–water partition coefficient (Wildman–Crippen LogP) is 5.00. The van der Waals surface area contributed by atoms with Gasteiger partial charge >= 0.3 is 10.4 Å². The van der Waals surface area contributed by atoms with Crippen molar-refractivity contribution in [2.24, 2.45) is 10.2 Å². The number of aromatic nitrogens is 1. The van der Waals surface area contributed by atoms with E-state index in [1.807, 2.05) is 61.3 Å². The molecule has 3 aromatic rings. The van der Waals surface area contributed by atoms with Gasteiger partial charge in [-0.3, -0.25) is 4.18 Å². The fraction of sp³-hybridized carbons (Fsp3) is 0.316. The second kappa shape index (κ2) is 9.88. The number of rotatable bonds is 8. The number of anilines is 1. The number of para-hydroxylation sites is 1. The van der Waals surface area contributed by atoms with Crippen molar-refractivity contribution < 1.29 is 16.8 Å². The van der Waals surface area contributed by atoms with Crippen LogP contribution in [0.25, 0.3) is 10.2 Å². The highest BCUT2D eigenvalue weighted by Gasteiger charge is 2.10. The molecule has 1 heterocycles. The van der Waals surface area contributed by atoms with Gasteiger partial charge in [-0.15, -0.1) is 10.2 Å². The standard InChI is InChI=1S/C18H20N4O4S2.CH4/c1-13-12-14(22(2)10-11-26-28(23,24)25-3)8-9-15(13)20-21-18-19-16-6-4-5-7-17(16)27-18;/h4-9,12H,10-11H2,1-3H3;1H4. The molecule has 3 rings (SSSR count). The minimum absolute atomic E-state index is 0. The SMILES string of the molecule is C.COS(=O)(=O)OCCN(C)c1ccc(N=Nc2nc3ccccc3s2)c(C)c1. The molecular formula is C19H24N4O4S2. The Hall–Kier alpha value is -2.40. The molecule has 156 valence electrons. The van der Waals surface area contributed by atoms with Crippen molar-refractivity contribution in [1.82, 2.24) is 4.98 Å². The van der Waals surface area contributed by atoms with Crippen LogP contribution in [0.1, 0.15) is 13.0 Å². The molecule has 0 bridgehead atoms. The quantitative estimate of drug-likeness (QED) is 0.461. The van der Waals surface area contributed by atoms with Gasteiger partial charge in [0.1, 0.15) is 0 Å². The number of hydrogen-bond acceptors (Lipinski definition) is 9. The Kier molecular flexibility index (Phi) is 7.80. The number of aryl methyl sites for hydroxylation is 1.